The number of hydrogen-bond donors (Lipinski definition) is 1. The summed E-state index contributed by atoms with van der Waals surface area (Å²) in [5.74, 6) is 0.457. The van der Waals surface area contributed by atoms with Crippen molar-refractivity contribution in [3.8, 4) is 0 Å². The van der Waals surface area contributed by atoms with Crippen LogP contribution in [-0.4, -0.2) is 17.8 Å². The third-order valence-electron chi connectivity index (χ3n) is 2.58. The first-order valence-electron chi connectivity index (χ1n) is 4.75. The molecule has 0 aromatic carbocycles. The van der Waals surface area contributed by atoms with E-state index in [-0.39, 0.29) is 6.10 Å². The molecule has 1 rings (SSSR count). The highest BCUT2D eigenvalue weighted by Gasteiger charge is 2.21. The van der Waals surface area contributed by atoms with Gasteiger partial charge in [0.1, 0.15) is 6.61 Å². The number of ether oxygens (including phenoxy) is 1. The Hall–Kier alpha value is -0.500. The Kier molecular flexibility index (Phi) is 4.15. The Labute approximate surface area is 74.2 Å². The molecule has 1 aliphatic rings. The number of aliphatic hydroxyl groups excluding tert-OH is 1. The van der Waals surface area contributed by atoms with Crippen LogP contribution in [0.2, 0.25) is 0 Å². The van der Waals surface area contributed by atoms with Gasteiger partial charge >= 0.3 is 0 Å². The van der Waals surface area contributed by atoms with E-state index in [2.05, 4.69) is 6.58 Å². The molecule has 1 N–H and O–H groups in total. The lowest BCUT2D eigenvalue weighted by atomic mass is 9.85. The first-order chi connectivity index (χ1) is 5.84. The van der Waals surface area contributed by atoms with Crippen LogP contribution in [0.25, 0.3) is 0 Å². The maximum Gasteiger partial charge on any atom is 0.113 e. The van der Waals surface area contributed by atoms with Crippen molar-refractivity contribution in [2.45, 2.75) is 38.2 Å². The second kappa shape index (κ2) is 5.20. The van der Waals surface area contributed by atoms with Crippen LogP contribution in [0.5, 0.6) is 0 Å². The lowest BCUT2D eigenvalue weighted by Gasteiger charge is -2.25. The van der Waals surface area contributed by atoms with Gasteiger partial charge < -0.3 is 9.84 Å². The summed E-state index contributed by atoms with van der Waals surface area (Å²) in [4.78, 5) is 0. The molecule has 2 heteroatoms. The first-order valence-corrected chi connectivity index (χ1v) is 4.75. The van der Waals surface area contributed by atoms with Crippen molar-refractivity contribution < 1.29 is 9.84 Å². The van der Waals surface area contributed by atoms with E-state index >= 15 is 0 Å². The molecule has 12 heavy (non-hydrogen) atoms. The summed E-state index contributed by atoms with van der Waals surface area (Å²) in [6.07, 6.45) is 7.26. The fraction of sp³-hybridized carbons (Fsp3) is 0.800. The van der Waals surface area contributed by atoms with E-state index in [1.807, 2.05) is 0 Å². The molecule has 0 saturated heterocycles. The molecular weight excluding hydrogens is 152 g/mol. The topological polar surface area (TPSA) is 29.5 Å². The average Bonchev–Trinajstić information content (AvgIpc) is 2.15. The summed E-state index contributed by atoms with van der Waals surface area (Å²) in [5, 5.41) is 9.63. The van der Waals surface area contributed by atoms with Gasteiger partial charge in [-0.2, -0.15) is 0 Å². The lowest BCUT2D eigenvalue weighted by molar-refractivity contribution is 0.0264. The van der Waals surface area contributed by atoms with Crippen molar-refractivity contribution in [1.29, 1.82) is 0 Å². The molecule has 1 atom stereocenters. The smallest absolute Gasteiger partial charge is 0.113 e. The number of aliphatic hydroxyl groups is 1. The van der Waals surface area contributed by atoms with Crippen LogP contribution in [0.3, 0.4) is 0 Å². The van der Waals surface area contributed by atoms with E-state index in [4.69, 9.17) is 4.74 Å². The quantitative estimate of drug-likeness (QED) is 0.655. The monoisotopic (exact) mass is 170 g/mol. The van der Waals surface area contributed by atoms with E-state index in [0.717, 1.165) is 12.8 Å². The molecule has 0 heterocycles. The van der Waals surface area contributed by atoms with Crippen LogP contribution in [0, 0.1) is 5.92 Å². The third kappa shape index (κ3) is 2.86. The van der Waals surface area contributed by atoms with E-state index in [1.165, 1.54) is 25.5 Å². The predicted octanol–water partition coefficient (Wildman–Crippen LogP) is 2.09. The van der Waals surface area contributed by atoms with Crippen LogP contribution < -0.4 is 0 Å². The van der Waals surface area contributed by atoms with E-state index in [9.17, 15) is 5.11 Å². The zero-order chi connectivity index (χ0) is 8.81. The number of rotatable bonds is 4. The van der Waals surface area contributed by atoms with E-state index < -0.39 is 0 Å². The van der Waals surface area contributed by atoms with E-state index in [0.29, 0.717) is 12.5 Å². The van der Waals surface area contributed by atoms with Crippen LogP contribution >= 0.6 is 0 Å². The summed E-state index contributed by atoms with van der Waals surface area (Å²) >= 11 is 0. The molecule has 1 saturated carbocycles. The molecular formula is C10H18O2. The third-order valence-corrected chi connectivity index (χ3v) is 2.58. The van der Waals surface area contributed by atoms with Gasteiger partial charge in [0.2, 0.25) is 0 Å². The molecule has 0 aliphatic heterocycles. The van der Waals surface area contributed by atoms with Gasteiger partial charge in [0.05, 0.1) is 12.4 Å². The molecule has 1 aliphatic carbocycles. The van der Waals surface area contributed by atoms with Crippen LogP contribution in [-0.2, 0) is 4.74 Å². The maximum atomic E-state index is 9.63. The van der Waals surface area contributed by atoms with Gasteiger partial charge in [-0.25, -0.2) is 0 Å². The minimum absolute atomic E-state index is 0.289. The Morgan fingerprint density at radius 2 is 2.08 bits per heavy atom. The summed E-state index contributed by atoms with van der Waals surface area (Å²) in [7, 11) is 0. The van der Waals surface area contributed by atoms with Crippen molar-refractivity contribution in [3.63, 3.8) is 0 Å². The van der Waals surface area contributed by atoms with Crippen molar-refractivity contribution in [3.05, 3.63) is 12.8 Å². The highest BCUT2D eigenvalue weighted by atomic mass is 16.5. The minimum Gasteiger partial charge on any atom is -0.499 e. The molecule has 0 aromatic heterocycles. The van der Waals surface area contributed by atoms with Gasteiger partial charge in [-0.3, -0.25) is 0 Å². The van der Waals surface area contributed by atoms with Crippen LogP contribution in [0.1, 0.15) is 32.1 Å². The summed E-state index contributed by atoms with van der Waals surface area (Å²) in [6, 6.07) is 0. The van der Waals surface area contributed by atoms with Crippen LogP contribution in [0.15, 0.2) is 12.8 Å². The summed E-state index contributed by atoms with van der Waals surface area (Å²) in [5.41, 5.74) is 0. The van der Waals surface area contributed by atoms with Crippen LogP contribution in [0.4, 0.5) is 0 Å². The lowest BCUT2D eigenvalue weighted by Crippen LogP contribution is -2.26. The van der Waals surface area contributed by atoms with Gasteiger partial charge in [-0.1, -0.05) is 25.8 Å². The largest absolute Gasteiger partial charge is 0.499 e. The predicted molar refractivity (Wildman–Crippen MR) is 48.7 cm³/mol. The van der Waals surface area contributed by atoms with Crippen molar-refractivity contribution in [2.24, 2.45) is 5.92 Å². The molecule has 1 fully saturated rings. The van der Waals surface area contributed by atoms with Crippen molar-refractivity contribution in [1.82, 2.24) is 0 Å². The Morgan fingerprint density at radius 1 is 1.42 bits per heavy atom. The molecule has 0 bridgehead atoms. The normalized spacial score (nSPS) is 21.8. The second-order valence-electron chi connectivity index (χ2n) is 3.47. The standard InChI is InChI=1S/C10H18O2/c1-2-12-8-10(11)9-6-4-3-5-7-9/h2,9-11H,1,3-8H2. The molecule has 0 aromatic rings. The maximum absolute atomic E-state index is 9.63. The van der Waals surface area contributed by atoms with Crippen molar-refractivity contribution >= 4 is 0 Å². The molecule has 1 unspecified atom stereocenters. The van der Waals surface area contributed by atoms with Gasteiger partial charge in [0, 0.05) is 0 Å². The average molecular weight is 170 g/mol. The minimum atomic E-state index is -0.289. The zero-order valence-electron chi connectivity index (χ0n) is 7.54. The number of hydrogen-bond acceptors (Lipinski definition) is 2. The fourth-order valence-electron chi connectivity index (χ4n) is 1.82. The molecule has 0 spiro atoms. The summed E-state index contributed by atoms with van der Waals surface area (Å²) < 4.78 is 4.96. The molecule has 0 radical (unpaired) electrons. The highest BCUT2D eigenvalue weighted by Crippen LogP contribution is 2.26. The highest BCUT2D eigenvalue weighted by molar-refractivity contribution is 4.73. The molecule has 2 nitrogen and oxygen atoms in total. The SMILES string of the molecule is C=COCC(O)C1CCCCC1. The fourth-order valence-corrected chi connectivity index (χ4v) is 1.82. The molecule has 0 amide bonds. The van der Waals surface area contributed by atoms with Gasteiger partial charge in [0.25, 0.3) is 0 Å². The Morgan fingerprint density at radius 3 is 2.67 bits per heavy atom. The van der Waals surface area contributed by atoms with E-state index in [1.54, 1.807) is 0 Å². The van der Waals surface area contributed by atoms with Gasteiger partial charge in [0.15, 0.2) is 0 Å². The Bertz CT molecular complexity index is 128. The summed E-state index contributed by atoms with van der Waals surface area (Å²) in [6.45, 7) is 3.86. The van der Waals surface area contributed by atoms with Crippen molar-refractivity contribution in [2.75, 3.05) is 6.61 Å². The van der Waals surface area contributed by atoms with Gasteiger partial charge in [-0.15, -0.1) is 0 Å². The van der Waals surface area contributed by atoms with Gasteiger partial charge in [-0.05, 0) is 18.8 Å². The molecule has 70 valence electrons. The first kappa shape index (κ1) is 9.59. The zero-order valence-corrected chi connectivity index (χ0v) is 7.54. The second-order valence-corrected chi connectivity index (χ2v) is 3.47. The Balaban J connectivity index is 2.19.